The van der Waals surface area contributed by atoms with E-state index in [2.05, 4.69) is 5.32 Å². The molecule has 0 saturated heterocycles. The number of hydrogen-bond donors (Lipinski definition) is 1. The summed E-state index contributed by atoms with van der Waals surface area (Å²) in [5.74, 6) is -0.542. The number of carbonyl (C=O) groups is 2. The minimum Gasteiger partial charge on any atom is -0.321 e. The van der Waals surface area contributed by atoms with Gasteiger partial charge in [0.1, 0.15) is 0 Å². The first-order valence-corrected chi connectivity index (χ1v) is 7.60. The van der Waals surface area contributed by atoms with Gasteiger partial charge in [0.25, 0.3) is 5.91 Å². The molecule has 23 heavy (non-hydrogen) atoms. The number of amides is 1. The molecule has 2 aromatic carbocycles. The second-order valence-corrected chi connectivity index (χ2v) is 5.87. The van der Waals surface area contributed by atoms with Crippen molar-refractivity contribution in [3.8, 4) is 0 Å². The van der Waals surface area contributed by atoms with Crippen molar-refractivity contribution in [1.82, 2.24) is 4.57 Å². The molecule has 1 amide bonds. The van der Waals surface area contributed by atoms with Crippen molar-refractivity contribution >= 4 is 51.6 Å². The maximum Gasteiger partial charge on any atom is 0.257 e. The molecular weight excluding hydrogens is 335 g/mol. The largest absolute Gasteiger partial charge is 0.321 e. The summed E-state index contributed by atoms with van der Waals surface area (Å²) < 4.78 is 1.41. The van der Waals surface area contributed by atoms with E-state index in [9.17, 15) is 9.59 Å². The standard InChI is InChI=1S/C17H12Cl2N2O2/c1-10(22)21-9-13(12-7-6-11(18)8-16(12)21)17(23)20-15-5-3-2-4-14(15)19/h2-9H,1H3,(H,20,23). The van der Waals surface area contributed by atoms with E-state index in [0.717, 1.165) is 0 Å². The van der Waals surface area contributed by atoms with Gasteiger partial charge < -0.3 is 5.32 Å². The number of aromatic nitrogens is 1. The Hall–Kier alpha value is -2.30. The lowest BCUT2D eigenvalue weighted by Gasteiger charge is -2.06. The topological polar surface area (TPSA) is 51.1 Å². The summed E-state index contributed by atoms with van der Waals surface area (Å²) >= 11 is 12.1. The SMILES string of the molecule is CC(=O)n1cc(C(=O)Nc2ccccc2Cl)c2ccc(Cl)cc21. The molecule has 1 N–H and O–H groups in total. The fraction of sp³-hybridized carbons (Fsp3) is 0.0588. The number of nitrogens with zero attached hydrogens (tertiary/aromatic N) is 1. The highest BCUT2D eigenvalue weighted by Gasteiger charge is 2.18. The lowest BCUT2D eigenvalue weighted by molar-refractivity contribution is 0.0941. The maximum atomic E-state index is 12.6. The van der Waals surface area contributed by atoms with Gasteiger partial charge in [-0.2, -0.15) is 0 Å². The second kappa shape index (κ2) is 6.07. The highest BCUT2D eigenvalue weighted by atomic mass is 35.5. The van der Waals surface area contributed by atoms with Crippen molar-refractivity contribution in [3.63, 3.8) is 0 Å². The number of fused-ring (bicyclic) bond motifs is 1. The summed E-state index contributed by atoms with van der Waals surface area (Å²) in [6.07, 6.45) is 1.51. The molecule has 3 rings (SSSR count). The molecule has 0 fully saturated rings. The number of benzene rings is 2. The van der Waals surface area contributed by atoms with Crippen molar-refractivity contribution in [2.45, 2.75) is 6.92 Å². The predicted molar refractivity (Wildman–Crippen MR) is 92.7 cm³/mol. The van der Waals surface area contributed by atoms with Crippen molar-refractivity contribution < 1.29 is 9.59 Å². The van der Waals surface area contributed by atoms with Gasteiger partial charge in [-0.3, -0.25) is 14.2 Å². The zero-order chi connectivity index (χ0) is 16.6. The molecule has 0 bridgehead atoms. The van der Waals surface area contributed by atoms with Gasteiger partial charge in [0.2, 0.25) is 5.91 Å². The fourth-order valence-electron chi connectivity index (χ4n) is 2.39. The van der Waals surface area contributed by atoms with Crippen LogP contribution in [0.3, 0.4) is 0 Å². The molecular formula is C17H12Cl2N2O2. The molecule has 0 aliphatic rings. The fourth-order valence-corrected chi connectivity index (χ4v) is 2.74. The normalized spacial score (nSPS) is 10.7. The third-order valence-corrected chi connectivity index (χ3v) is 4.04. The van der Waals surface area contributed by atoms with E-state index < -0.39 is 0 Å². The van der Waals surface area contributed by atoms with E-state index in [-0.39, 0.29) is 11.8 Å². The van der Waals surface area contributed by atoms with Gasteiger partial charge in [-0.25, -0.2) is 0 Å². The maximum absolute atomic E-state index is 12.6. The summed E-state index contributed by atoms with van der Waals surface area (Å²) in [6, 6.07) is 12.0. The Morgan fingerprint density at radius 2 is 1.83 bits per heavy atom. The summed E-state index contributed by atoms with van der Waals surface area (Å²) in [5.41, 5.74) is 1.48. The highest BCUT2D eigenvalue weighted by Crippen LogP contribution is 2.27. The molecule has 0 unspecified atom stereocenters. The number of nitrogens with one attached hydrogen (secondary N) is 1. The third kappa shape index (κ3) is 2.96. The predicted octanol–water partition coefficient (Wildman–Crippen LogP) is 4.86. The van der Waals surface area contributed by atoms with Gasteiger partial charge >= 0.3 is 0 Å². The number of halogens is 2. The second-order valence-electron chi connectivity index (χ2n) is 5.03. The van der Waals surface area contributed by atoms with Crippen LogP contribution in [0, 0.1) is 0 Å². The van der Waals surface area contributed by atoms with Crippen LogP contribution >= 0.6 is 23.2 Å². The van der Waals surface area contributed by atoms with E-state index in [0.29, 0.717) is 32.2 Å². The van der Waals surface area contributed by atoms with E-state index in [4.69, 9.17) is 23.2 Å². The van der Waals surface area contributed by atoms with Gasteiger partial charge in [0.05, 0.1) is 21.8 Å². The van der Waals surface area contributed by atoms with E-state index in [1.807, 2.05) is 0 Å². The minimum atomic E-state index is -0.342. The molecule has 116 valence electrons. The van der Waals surface area contributed by atoms with Crippen LogP contribution in [0.2, 0.25) is 10.0 Å². The van der Waals surface area contributed by atoms with E-state index in [1.54, 1.807) is 42.5 Å². The molecule has 0 radical (unpaired) electrons. The van der Waals surface area contributed by atoms with Crippen LogP contribution in [-0.2, 0) is 0 Å². The lowest BCUT2D eigenvalue weighted by atomic mass is 10.1. The molecule has 0 aliphatic carbocycles. The summed E-state index contributed by atoms with van der Waals surface area (Å²) in [6.45, 7) is 1.43. The summed E-state index contributed by atoms with van der Waals surface area (Å²) in [7, 11) is 0. The Morgan fingerprint density at radius 3 is 2.52 bits per heavy atom. The Balaban J connectivity index is 2.07. The molecule has 1 aromatic heterocycles. The molecule has 0 spiro atoms. The highest BCUT2D eigenvalue weighted by molar-refractivity contribution is 6.34. The monoisotopic (exact) mass is 346 g/mol. The number of para-hydroxylation sites is 1. The zero-order valence-electron chi connectivity index (χ0n) is 12.1. The number of anilines is 1. The van der Waals surface area contributed by atoms with Crippen molar-refractivity contribution in [2.75, 3.05) is 5.32 Å². The lowest BCUT2D eigenvalue weighted by Crippen LogP contribution is -2.12. The Bertz CT molecular complexity index is 931. The van der Waals surface area contributed by atoms with Gasteiger partial charge in [0.15, 0.2) is 0 Å². The van der Waals surface area contributed by atoms with Crippen LogP contribution < -0.4 is 5.32 Å². The average Bonchev–Trinajstić information content (AvgIpc) is 2.88. The Morgan fingerprint density at radius 1 is 1.09 bits per heavy atom. The summed E-state index contributed by atoms with van der Waals surface area (Å²) in [5, 5.41) is 4.34. The van der Waals surface area contributed by atoms with Crippen LogP contribution in [0.1, 0.15) is 22.1 Å². The number of rotatable bonds is 2. The van der Waals surface area contributed by atoms with Crippen LogP contribution in [-0.4, -0.2) is 16.4 Å². The van der Waals surface area contributed by atoms with Crippen LogP contribution in [0.15, 0.2) is 48.7 Å². The van der Waals surface area contributed by atoms with Crippen molar-refractivity contribution in [1.29, 1.82) is 0 Å². The molecule has 0 aliphatic heterocycles. The Kier molecular flexibility index (Phi) is 4.11. The van der Waals surface area contributed by atoms with Crippen molar-refractivity contribution in [2.24, 2.45) is 0 Å². The van der Waals surface area contributed by atoms with E-state index in [1.165, 1.54) is 17.7 Å². The first-order valence-electron chi connectivity index (χ1n) is 6.85. The number of hydrogen-bond acceptors (Lipinski definition) is 2. The zero-order valence-corrected chi connectivity index (χ0v) is 13.7. The van der Waals surface area contributed by atoms with Crippen LogP contribution in [0.25, 0.3) is 10.9 Å². The molecule has 4 nitrogen and oxygen atoms in total. The van der Waals surface area contributed by atoms with Gasteiger partial charge in [-0.1, -0.05) is 41.4 Å². The first-order chi connectivity index (χ1) is 11.0. The number of carbonyl (C=O) groups excluding carboxylic acids is 2. The smallest absolute Gasteiger partial charge is 0.257 e. The third-order valence-electron chi connectivity index (χ3n) is 3.47. The van der Waals surface area contributed by atoms with Crippen molar-refractivity contribution in [3.05, 3.63) is 64.3 Å². The molecule has 3 aromatic rings. The quantitative estimate of drug-likeness (QED) is 0.720. The average molecular weight is 347 g/mol. The first kappa shape index (κ1) is 15.6. The molecule has 1 heterocycles. The van der Waals surface area contributed by atoms with Gasteiger partial charge in [-0.05, 0) is 24.3 Å². The minimum absolute atomic E-state index is 0.200. The van der Waals surface area contributed by atoms with Gasteiger partial charge in [-0.15, -0.1) is 0 Å². The Labute approximate surface area is 142 Å². The van der Waals surface area contributed by atoms with E-state index >= 15 is 0 Å². The van der Waals surface area contributed by atoms with Crippen LogP contribution in [0.4, 0.5) is 5.69 Å². The molecule has 0 atom stereocenters. The van der Waals surface area contributed by atoms with Crippen LogP contribution in [0.5, 0.6) is 0 Å². The summed E-state index contributed by atoms with van der Waals surface area (Å²) in [4.78, 5) is 24.4. The molecule has 6 heteroatoms. The van der Waals surface area contributed by atoms with Gasteiger partial charge in [0, 0.05) is 23.5 Å². The molecule has 0 saturated carbocycles.